The summed E-state index contributed by atoms with van der Waals surface area (Å²) in [6.45, 7) is 4.58. The zero-order valence-electron chi connectivity index (χ0n) is 14.4. The number of aryl methyl sites for hydroxylation is 2. The molecule has 0 aliphatic carbocycles. The SMILES string of the molecule is CCCc1cc(C(=O)N(CC)C[C@H](O)c2cccc(O)c2)n(C)n1. The zero-order chi connectivity index (χ0) is 17.7. The molecule has 1 amide bonds. The van der Waals surface area contributed by atoms with Crippen LogP contribution in [-0.2, 0) is 13.5 Å². The van der Waals surface area contributed by atoms with Crippen molar-refractivity contribution in [2.24, 2.45) is 7.05 Å². The molecule has 0 spiro atoms. The molecule has 0 radical (unpaired) electrons. The number of phenols is 1. The maximum Gasteiger partial charge on any atom is 0.272 e. The van der Waals surface area contributed by atoms with Crippen LogP contribution in [0.2, 0.25) is 0 Å². The van der Waals surface area contributed by atoms with E-state index in [4.69, 9.17) is 0 Å². The van der Waals surface area contributed by atoms with Crippen LogP contribution in [0.5, 0.6) is 5.75 Å². The first kappa shape index (κ1) is 18.0. The molecule has 0 fully saturated rings. The summed E-state index contributed by atoms with van der Waals surface area (Å²) in [6.07, 6.45) is 0.946. The van der Waals surface area contributed by atoms with Crippen molar-refractivity contribution in [3.63, 3.8) is 0 Å². The number of carbonyl (C=O) groups is 1. The summed E-state index contributed by atoms with van der Waals surface area (Å²) in [5.74, 6) is -0.0641. The fraction of sp³-hybridized carbons (Fsp3) is 0.444. The molecule has 0 saturated carbocycles. The number of aromatic hydroxyl groups is 1. The molecule has 6 heteroatoms. The van der Waals surface area contributed by atoms with E-state index >= 15 is 0 Å². The molecule has 0 bridgehead atoms. The van der Waals surface area contributed by atoms with Gasteiger partial charge in [-0.15, -0.1) is 0 Å². The molecule has 24 heavy (non-hydrogen) atoms. The lowest BCUT2D eigenvalue weighted by Crippen LogP contribution is -2.35. The Kier molecular flexibility index (Phi) is 5.98. The number of aliphatic hydroxyl groups excluding tert-OH is 1. The third-order valence-corrected chi connectivity index (χ3v) is 3.97. The molecule has 0 saturated heterocycles. The van der Waals surface area contributed by atoms with Crippen LogP contribution < -0.4 is 0 Å². The number of aromatic nitrogens is 2. The number of hydrogen-bond donors (Lipinski definition) is 2. The average molecular weight is 331 g/mol. The van der Waals surface area contributed by atoms with E-state index in [1.54, 1.807) is 34.8 Å². The lowest BCUT2D eigenvalue weighted by molar-refractivity contribution is 0.0624. The number of hydrogen-bond acceptors (Lipinski definition) is 4. The number of amides is 1. The first-order valence-electron chi connectivity index (χ1n) is 8.25. The summed E-state index contributed by atoms with van der Waals surface area (Å²) < 4.78 is 1.59. The molecule has 2 N–H and O–H groups in total. The topological polar surface area (TPSA) is 78.6 Å². The Labute approximate surface area is 142 Å². The van der Waals surface area contributed by atoms with E-state index in [0.717, 1.165) is 18.5 Å². The van der Waals surface area contributed by atoms with Crippen molar-refractivity contribution in [3.05, 3.63) is 47.3 Å². The number of rotatable bonds is 7. The minimum absolute atomic E-state index is 0.0942. The number of nitrogens with zero attached hydrogens (tertiary/aromatic N) is 3. The van der Waals surface area contributed by atoms with Gasteiger partial charge in [0.2, 0.25) is 0 Å². The summed E-state index contributed by atoms with van der Waals surface area (Å²) >= 11 is 0. The Balaban J connectivity index is 2.14. The van der Waals surface area contributed by atoms with E-state index in [1.807, 2.05) is 13.0 Å². The number of phenolic OH excluding ortho intramolecular Hbond substituents is 1. The van der Waals surface area contributed by atoms with Crippen LogP contribution in [-0.4, -0.2) is 43.9 Å². The maximum atomic E-state index is 12.8. The molecule has 130 valence electrons. The van der Waals surface area contributed by atoms with E-state index in [-0.39, 0.29) is 18.2 Å². The van der Waals surface area contributed by atoms with Gasteiger partial charge in [0.25, 0.3) is 5.91 Å². The Morgan fingerprint density at radius 2 is 2.08 bits per heavy atom. The molecule has 0 aliphatic rings. The first-order chi connectivity index (χ1) is 11.5. The predicted molar refractivity (Wildman–Crippen MR) is 91.8 cm³/mol. The molecule has 6 nitrogen and oxygen atoms in total. The summed E-state index contributed by atoms with van der Waals surface area (Å²) in [7, 11) is 1.76. The standard InChI is InChI=1S/C18H25N3O3/c1-4-7-14-11-16(20(3)19-14)18(24)21(5-2)12-17(23)13-8-6-9-15(22)10-13/h6,8-11,17,22-23H,4-5,7,12H2,1-3H3/t17-/m0/s1. The molecule has 0 unspecified atom stereocenters. The molecule has 2 aromatic rings. The Morgan fingerprint density at radius 3 is 2.71 bits per heavy atom. The van der Waals surface area contributed by atoms with Crippen molar-refractivity contribution in [2.75, 3.05) is 13.1 Å². The Bertz CT molecular complexity index is 697. The fourth-order valence-electron chi connectivity index (χ4n) is 2.67. The average Bonchev–Trinajstić information content (AvgIpc) is 2.92. The highest BCUT2D eigenvalue weighted by Crippen LogP contribution is 2.20. The van der Waals surface area contributed by atoms with E-state index in [9.17, 15) is 15.0 Å². The lowest BCUT2D eigenvalue weighted by Gasteiger charge is -2.24. The summed E-state index contributed by atoms with van der Waals surface area (Å²) in [4.78, 5) is 14.3. The smallest absolute Gasteiger partial charge is 0.272 e. The second kappa shape index (κ2) is 7.97. The van der Waals surface area contributed by atoms with Gasteiger partial charge < -0.3 is 15.1 Å². The quantitative estimate of drug-likeness (QED) is 0.816. The van der Waals surface area contributed by atoms with E-state index in [0.29, 0.717) is 17.8 Å². The largest absolute Gasteiger partial charge is 0.508 e. The van der Waals surface area contributed by atoms with Gasteiger partial charge in [0.1, 0.15) is 11.4 Å². The highest BCUT2D eigenvalue weighted by atomic mass is 16.3. The van der Waals surface area contributed by atoms with Crippen LogP contribution in [0.1, 0.15) is 48.1 Å². The number of aliphatic hydroxyl groups is 1. The van der Waals surface area contributed by atoms with Crippen molar-refractivity contribution in [2.45, 2.75) is 32.8 Å². The molecule has 2 rings (SSSR count). The zero-order valence-corrected chi connectivity index (χ0v) is 14.4. The van der Waals surface area contributed by atoms with Crippen LogP contribution in [0.3, 0.4) is 0 Å². The molecule has 1 aromatic heterocycles. The third-order valence-electron chi connectivity index (χ3n) is 3.97. The van der Waals surface area contributed by atoms with Gasteiger partial charge in [-0.1, -0.05) is 25.5 Å². The number of likely N-dealkylation sites (N-methyl/N-ethyl adjacent to an activating group) is 1. The second-order valence-corrected chi connectivity index (χ2v) is 5.85. The van der Waals surface area contributed by atoms with Gasteiger partial charge in [-0.05, 0) is 37.1 Å². The van der Waals surface area contributed by atoms with Gasteiger partial charge in [0.05, 0.1) is 18.3 Å². The van der Waals surface area contributed by atoms with Gasteiger partial charge in [-0.2, -0.15) is 5.10 Å². The molecular formula is C18H25N3O3. The summed E-state index contributed by atoms with van der Waals surface area (Å²) in [5, 5.41) is 24.3. The third kappa shape index (κ3) is 4.14. The molecular weight excluding hydrogens is 306 g/mol. The van der Waals surface area contributed by atoms with Gasteiger partial charge in [-0.25, -0.2) is 0 Å². The monoisotopic (exact) mass is 331 g/mol. The van der Waals surface area contributed by atoms with Crippen molar-refractivity contribution in [3.8, 4) is 5.75 Å². The van der Waals surface area contributed by atoms with Crippen LogP contribution in [0.15, 0.2) is 30.3 Å². The molecule has 1 atom stereocenters. The fourth-order valence-corrected chi connectivity index (χ4v) is 2.67. The second-order valence-electron chi connectivity index (χ2n) is 5.85. The van der Waals surface area contributed by atoms with Gasteiger partial charge in [-0.3, -0.25) is 9.48 Å². The minimum Gasteiger partial charge on any atom is -0.508 e. The van der Waals surface area contributed by atoms with E-state index in [2.05, 4.69) is 12.0 Å². The van der Waals surface area contributed by atoms with E-state index in [1.165, 1.54) is 6.07 Å². The number of carbonyl (C=O) groups excluding carboxylic acids is 1. The van der Waals surface area contributed by atoms with Crippen LogP contribution in [0.4, 0.5) is 0 Å². The van der Waals surface area contributed by atoms with Crippen LogP contribution in [0, 0.1) is 0 Å². The van der Waals surface area contributed by atoms with Crippen molar-refractivity contribution in [1.29, 1.82) is 0 Å². The first-order valence-corrected chi connectivity index (χ1v) is 8.25. The maximum absolute atomic E-state index is 12.8. The van der Waals surface area contributed by atoms with Crippen molar-refractivity contribution >= 4 is 5.91 Å². The minimum atomic E-state index is -0.857. The lowest BCUT2D eigenvalue weighted by atomic mass is 10.1. The van der Waals surface area contributed by atoms with Gasteiger partial charge >= 0.3 is 0 Å². The Hall–Kier alpha value is -2.34. The predicted octanol–water partition coefficient (Wildman–Crippen LogP) is 2.27. The van der Waals surface area contributed by atoms with Crippen molar-refractivity contribution in [1.82, 2.24) is 14.7 Å². The molecule has 1 aromatic carbocycles. The highest BCUT2D eigenvalue weighted by molar-refractivity contribution is 5.92. The van der Waals surface area contributed by atoms with Crippen molar-refractivity contribution < 1.29 is 15.0 Å². The van der Waals surface area contributed by atoms with Gasteiger partial charge in [0, 0.05) is 13.6 Å². The number of benzene rings is 1. The summed E-state index contributed by atoms with van der Waals surface area (Å²) in [5.41, 5.74) is 1.99. The highest BCUT2D eigenvalue weighted by Gasteiger charge is 2.22. The molecule has 0 aliphatic heterocycles. The summed E-state index contributed by atoms with van der Waals surface area (Å²) in [6, 6.07) is 8.27. The normalized spacial score (nSPS) is 12.2. The molecule has 1 heterocycles. The van der Waals surface area contributed by atoms with Crippen LogP contribution >= 0.6 is 0 Å². The van der Waals surface area contributed by atoms with Crippen LogP contribution in [0.25, 0.3) is 0 Å². The van der Waals surface area contributed by atoms with E-state index < -0.39 is 6.10 Å². The van der Waals surface area contributed by atoms with Gasteiger partial charge in [0.15, 0.2) is 0 Å². The Morgan fingerprint density at radius 1 is 1.33 bits per heavy atom.